The van der Waals surface area contributed by atoms with Crippen LogP contribution in [0.5, 0.6) is 0 Å². The fourth-order valence-electron chi connectivity index (χ4n) is 2.44. The molecule has 0 aliphatic heterocycles. The lowest BCUT2D eigenvalue weighted by molar-refractivity contribution is -0.385. The van der Waals surface area contributed by atoms with Gasteiger partial charge in [0.2, 0.25) is 0 Å². The lowest BCUT2D eigenvalue weighted by Gasteiger charge is -2.26. The normalized spacial score (nSPS) is 22.0. The number of nitro benzene ring substituents is 1. The van der Waals surface area contributed by atoms with Crippen LogP contribution in [-0.2, 0) is 4.74 Å². The van der Waals surface area contributed by atoms with Crippen LogP contribution in [-0.4, -0.2) is 30.2 Å². The summed E-state index contributed by atoms with van der Waals surface area (Å²) in [5, 5.41) is 14.0. The van der Waals surface area contributed by atoms with Crippen molar-refractivity contribution in [3.63, 3.8) is 0 Å². The predicted molar refractivity (Wildman–Crippen MR) is 90.5 cm³/mol. The van der Waals surface area contributed by atoms with Crippen molar-refractivity contribution in [2.24, 2.45) is 5.73 Å². The van der Waals surface area contributed by atoms with Crippen LogP contribution in [0, 0.1) is 13.7 Å². The number of nitrogens with two attached hydrogens (primary N) is 1. The molecule has 0 bridgehead atoms. The van der Waals surface area contributed by atoms with E-state index in [0.29, 0.717) is 28.9 Å². The SMILES string of the molecule is NC1CCC(OCCNc2ccc([N+](=O)[O-])c(I)c2)CC1. The monoisotopic (exact) mass is 405 g/mol. The minimum Gasteiger partial charge on any atom is -0.383 e. The van der Waals surface area contributed by atoms with Crippen LogP contribution in [0.2, 0.25) is 0 Å². The average molecular weight is 405 g/mol. The molecule has 7 heteroatoms. The Morgan fingerprint density at radius 3 is 2.71 bits per heavy atom. The molecular formula is C14H20IN3O3. The minimum absolute atomic E-state index is 0.135. The molecule has 1 fully saturated rings. The number of nitrogens with one attached hydrogen (secondary N) is 1. The van der Waals surface area contributed by atoms with Crippen molar-refractivity contribution in [1.29, 1.82) is 0 Å². The van der Waals surface area contributed by atoms with Gasteiger partial charge in [0.25, 0.3) is 5.69 Å². The maximum absolute atomic E-state index is 10.7. The number of rotatable bonds is 6. The molecule has 0 spiro atoms. The lowest BCUT2D eigenvalue weighted by atomic mass is 9.94. The van der Waals surface area contributed by atoms with Crippen molar-refractivity contribution in [3.05, 3.63) is 31.9 Å². The molecule has 2 rings (SSSR count). The summed E-state index contributed by atoms with van der Waals surface area (Å²) in [6.07, 6.45) is 4.48. The quantitative estimate of drug-likeness (QED) is 0.329. The van der Waals surface area contributed by atoms with E-state index in [1.807, 2.05) is 22.6 Å². The molecular weight excluding hydrogens is 385 g/mol. The van der Waals surface area contributed by atoms with Gasteiger partial charge < -0.3 is 15.8 Å². The standard InChI is InChI=1S/C14H20IN3O3/c15-13-9-11(3-6-14(13)18(19)20)17-7-8-21-12-4-1-10(16)2-5-12/h3,6,9-10,12,17H,1-2,4-5,7-8,16H2. The second-order valence-corrected chi connectivity index (χ2v) is 6.42. The van der Waals surface area contributed by atoms with Crippen molar-refractivity contribution in [1.82, 2.24) is 0 Å². The summed E-state index contributed by atoms with van der Waals surface area (Å²) in [5.74, 6) is 0. The molecule has 3 N–H and O–H groups in total. The van der Waals surface area contributed by atoms with Gasteiger partial charge in [-0.25, -0.2) is 0 Å². The van der Waals surface area contributed by atoms with Gasteiger partial charge in [0, 0.05) is 24.3 Å². The second kappa shape index (κ2) is 7.90. The van der Waals surface area contributed by atoms with Crippen molar-refractivity contribution < 1.29 is 9.66 Å². The Kier molecular flexibility index (Phi) is 6.19. The summed E-state index contributed by atoms with van der Waals surface area (Å²) < 4.78 is 6.45. The maximum Gasteiger partial charge on any atom is 0.282 e. The molecule has 0 saturated heterocycles. The highest BCUT2D eigenvalue weighted by molar-refractivity contribution is 14.1. The number of halogens is 1. The van der Waals surface area contributed by atoms with E-state index in [2.05, 4.69) is 5.32 Å². The maximum atomic E-state index is 10.7. The third-order valence-electron chi connectivity index (χ3n) is 3.65. The first-order chi connectivity index (χ1) is 10.1. The summed E-state index contributed by atoms with van der Waals surface area (Å²) in [6.45, 7) is 1.32. The number of nitrogens with zero attached hydrogens (tertiary/aromatic N) is 1. The van der Waals surface area contributed by atoms with Gasteiger partial charge in [0.1, 0.15) is 0 Å². The third-order valence-corrected chi connectivity index (χ3v) is 4.51. The Morgan fingerprint density at radius 1 is 1.38 bits per heavy atom. The van der Waals surface area contributed by atoms with Gasteiger partial charge >= 0.3 is 0 Å². The number of nitro groups is 1. The highest BCUT2D eigenvalue weighted by Gasteiger charge is 2.18. The fourth-order valence-corrected chi connectivity index (χ4v) is 3.15. The van der Waals surface area contributed by atoms with E-state index in [0.717, 1.165) is 31.4 Å². The van der Waals surface area contributed by atoms with Gasteiger partial charge in [-0.1, -0.05) is 0 Å². The van der Waals surface area contributed by atoms with Gasteiger partial charge in [0.15, 0.2) is 0 Å². The van der Waals surface area contributed by atoms with E-state index < -0.39 is 0 Å². The van der Waals surface area contributed by atoms with Gasteiger partial charge in [0.05, 0.1) is 21.2 Å². The minimum atomic E-state index is -0.373. The summed E-state index contributed by atoms with van der Waals surface area (Å²) in [5.41, 5.74) is 6.87. The fraction of sp³-hybridized carbons (Fsp3) is 0.571. The first-order valence-corrected chi connectivity index (χ1v) is 8.19. The molecule has 1 aromatic carbocycles. The molecule has 21 heavy (non-hydrogen) atoms. The number of hydrogen-bond donors (Lipinski definition) is 2. The molecule has 0 amide bonds. The van der Waals surface area contributed by atoms with Crippen LogP contribution in [0.1, 0.15) is 25.7 Å². The van der Waals surface area contributed by atoms with Gasteiger partial charge in [-0.3, -0.25) is 10.1 Å². The molecule has 6 nitrogen and oxygen atoms in total. The van der Waals surface area contributed by atoms with Crippen LogP contribution < -0.4 is 11.1 Å². The Hall–Kier alpha value is -0.930. The van der Waals surface area contributed by atoms with E-state index in [-0.39, 0.29) is 10.6 Å². The Morgan fingerprint density at radius 2 is 2.10 bits per heavy atom. The highest BCUT2D eigenvalue weighted by atomic mass is 127. The topological polar surface area (TPSA) is 90.4 Å². The third kappa shape index (κ3) is 5.08. The first-order valence-electron chi connectivity index (χ1n) is 7.11. The first kappa shape index (κ1) is 16.4. The largest absolute Gasteiger partial charge is 0.383 e. The van der Waals surface area contributed by atoms with Crippen LogP contribution in [0.3, 0.4) is 0 Å². The summed E-state index contributed by atoms with van der Waals surface area (Å²) in [4.78, 5) is 10.4. The van der Waals surface area contributed by atoms with Gasteiger partial charge in [-0.15, -0.1) is 0 Å². The number of hydrogen-bond acceptors (Lipinski definition) is 5. The van der Waals surface area contributed by atoms with Gasteiger partial charge in [-0.05, 0) is 60.4 Å². The van der Waals surface area contributed by atoms with Crippen LogP contribution >= 0.6 is 22.6 Å². The molecule has 1 saturated carbocycles. The van der Waals surface area contributed by atoms with Crippen molar-refractivity contribution in [2.75, 3.05) is 18.5 Å². The van der Waals surface area contributed by atoms with E-state index in [4.69, 9.17) is 10.5 Å². The van der Waals surface area contributed by atoms with E-state index in [1.54, 1.807) is 12.1 Å². The summed E-state index contributed by atoms with van der Waals surface area (Å²) in [6, 6.07) is 5.36. The van der Waals surface area contributed by atoms with Crippen LogP contribution in [0.4, 0.5) is 11.4 Å². The lowest BCUT2D eigenvalue weighted by Crippen LogP contribution is -2.31. The zero-order chi connectivity index (χ0) is 15.2. The molecule has 0 radical (unpaired) electrons. The van der Waals surface area contributed by atoms with E-state index in [9.17, 15) is 10.1 Å². The molecule has 0 aromatic heterocycles. The summed E-state index contributed by atoms with van der Waals surface area (Å²) >= 11 is 1.97. The van der Waals surface area contributed by atoms with Gasteiger partial charge in [-0.2, -0.15) is 0 Å². The van der Waals surface area contributed by atoms with Crippen molar-refractivity contribution in [2.45, 2.75) is 37.8 Å². The smallest absolute Gasteiger partial charge is 0.282 e. The Balaban J connectivity index is 1.71. The highest BCUT2D eigenvalue weighted by Crippen LogP contribution is 2.24. The van der Waals surface area contributed by atoms with Crippen LogP contribution in [0.15, 0.2) is 18.2 Å². The predicted octanol–water partition coefficient (Wildman–Crippen LogP) is 2.90. The molecule has 116 valence electrons. The number of ether oxygens (including phenoxy) is 1. The zero-order valence-corrected chi connectivity index (χ0v) is 13.9. The molecule has 0 unspecified atom stereocenters. The van der Waals surface area contributed by atoms with E-state index >= 15 is 0 Å². The Labute approximate surface area is 137 Å². The van der Waals surface area contributed by atoms with Crippen molar-refractivity contribution in [3.8, 4) is 0 Å². The molecule has 0 atom stereocenters. The zero-order valence-electron chi connectivity index (χ0n) is 11.8. The second-order valence-electron chi connectivity index (χ2n) is 5.26. The Bertz CT molecular complexity index is 490. The van der Waals surface area contributed by atoms with Crippen LogP contribution in [0.25, 0.3) is 0 Å². The molecule has 1 aliphatic carbocycles. The number of benzene rings is 1. The molecule has 1 aliphatic rings. The average Bonchev–Trinajstić information content (AvgIpc) is 2.45. The molecule has 0 heterocycles. The van der Waals surface area contributed by atoms with E-state index in [1.165, 1.54) is 6.07 Å². The number of anilines is 1. The molecule has 1 aromatic rings. The summed E-state index contributed by atoms with van der Waals surface area (Å²) in [7, 11) is 0. The van der Waals surface area contributed by atoms with Crippen molar-refractivity contribution >= 4 is 34.0 Å².